The van der Waals surface area contributed by atoms with Gasteiger partial charge in [0.05, 0.1) is 28.2 Å². The molecule has 2 aromatic heterocycles. The lowest BCUT2D eigenvalue weighted by atomic mass is 10.0. The van der Waals surface area contributed by atoms with Crippen LogP contribution in [0.3, 0.4) is 0 Å². The third-order valence-corrected chi connectivity index (χ3v) is 6.92. The number of H-pyrrole nitrogens is 2. The zero-order chi connectivity index (χ0) is 21.4. The van der Waals surface area contributed by atoms with E-state index in [2.05, 4.69) is 47.9 Å². The quantitative estimate of drug-likeness (QED) is 0.355. The van der Waals surface area contributed by atoms with Gasteiger partial charge >= 0.3 is 5.69 Å². The molecular formula is C22H20BrN5O2S. The monoisotopic (exact) mass is 497 g/mol. The summed E-state index contributed by atoms with van der Waals surface area (Å²) in [6.07, 6.45) is 4.30. The lowest BCUT2D eigenvalue weighted by Crippen LogP contribution is -2.15. The fourth-order valence-electron chi connectivity index (χ4n) is 3.92. The number of para-hydroxylation sites is 1. The maximum Gasteiger partial charge on any atom is 0.323 e. The number of thioether (sulfide) groups is 1. The number of aromatic nitrogens is 4. The molecule has 31 heavy (non-hydrogen) atoms. The highest BCUT2D eigenvalue weighted by Crippen LogP contribution is 2.31. The number of aromatic amines is 2. The van der Waals surface area contributed by atoms with Crippen LogP contribution in [0, 0.1) is 0 Å². The molecule has 2 aromatic carbocycles. The Balaban J connectivity index is 1.36. The molecule has 0 radical (unpaired) electrons. The van der Waals surface area contributed by atoms with Gasteiger partial charge in [0, 0.05) is 15.9 Å². The number of carbonyl (C=O) groups excluding carboxylic acids is 1. The Morgan fingerprint density at radius 3 is 2.68 bits per heavy atom. The van der Waals surface area contributed by atoms with Crippen molar-refractivity contribution < 1.29 is 4.79 Å². The zero-order valence-corrected chi connectivity index (χ0v) is 19.0. The fraction of sp³-hybridized carbons (Fsp3) is 0.227. The summed E-state index contributed by atoms with van der Waals surface area (Å²) in [5.74, 6) is 0.0974. The number of nitrogens with zero attached hydrogens (tertiary/aromatic N) is 2. The number of anilines is 1. The lowest BCUT2D eigenvalue weighted by molar-refractivity contribution is -0.113. The fourth-order valence-corrected chi connectivity index (χ4v) is 5.22. The van der Waals surface area contributed by atoms with Gasteiger partial charge in [0.15, 0.2) is 5.16 Å². The van der Waals surface area contributed by atoms with Gasteiger partial charge in [0.25, 0.3) is 0 Å². The average Bonchev–Trinajstić information content (AvgIpc) is 3.32. The molecule has 0 aliphatic heterocycles. The summed E-state index contributed by atoms with van der Waals surface area (Å²) in [7, 11) is 0. The summed E-state index contributed by atoms with van der Waals surface area (Å²) in [6.45, 7) is 0. The van der Waals surface area contributed by atoms with E-state index in [0.717, 1.165) is 42.2 Å². The van der Waals surface area contributed by atoms with Crippen LogP contribution in [0.4, 0.5) is 5.69 Å². The molecular weight excluding hydrogens is 478 g/mol. The Kier molecular flexibility index (Phi) is 5.45. The number of carbonyl (C=O) groups is 1. The number of imidazole rings is 2. The Labute approximate surface area is 190 Å². The molecule has 0 spiro atoms. The lowest BCUT2D eigenvalue weighted by Gasteiger charge is -2.15. The standard InChI is InChI=1S/C22H20BrN5O2S/c23-14-10-17-18(26-21(30)25-17)11-16(14)24-20(29)12-31-22-27-15-8-4-5-9-19(15)28(22)13-6-2-1-3-7-13/h1-3,6-7,10-11H,4-5,8-9,12H2,(H,24,29)(H2,25,26,30). The minimum absolute atomic E-state index is 0.136. The minimum atomic E-state index is -0.280. The van der Waals surface area contributed by atoms with Crippen LogP contribution in [0.2, 0.25) is 0 Å². The van der Waals surface area contributed by atoms with Crippen LogP contribution >= 0.6 is 27.7 Å². The second kappa shape index (κ2) is 8.39. The van der Waals surface area contributed by atoms with E-state index in [9.17, 15) is 9.59 Å². The molecule has 1 aliphatic carbocycles. The molecule has 0 unspecified atom stereocenters. The van der Waals surface area contributed by atoms with Gasteiger partial charge in [0.2, 0.25) is 5.91 Å². The van der Waals surface area contributed by atoms with E-state index in [1.54, 1.807) is 12.1 Å². The Morgan fingerprint density at radius 2 is 1.87 bits per heavy atom. The van der Waals surface area contributed by atoms with E-state index in [-0.39, 0.29) is 17.3 Å². The largest absolute Gasteiger partial charge is 0.324 e. The molecule has 0 saturated carbocycles. The highest BCUT2D eigenvalue weighted by Gasteiger charge is 2.22. The topological polar surface area (TPSA) is 95.6 Å². The summed E-state index contributed by atoms with van der Waals surface area (Å²) >= 11 is 4.89. The van der Waals surface area contributed by atoms with Crippen LogP contribution in [0.15, 0.2) is 56.9 Å². The molecule has 1 amide bonds. The highest BCUT2D eigenvalue weighted by molar-refractivity contribution is 9.10. The van der Waals surface area contributed by atoms with Gasteiger partial charge in [-0.2, -0.15) is 0 Å². The first-order valence-electron chi connectivity index (χ1n) is 10.1. The SMILES string of the molecule is O=C(CSc1nc2c(n1-c1ccccc1)CCCC2)Nc1cc2[nH]c(=O)[nH]c2cc1Br. The van der Waals surface area contributed by atoms with Crippen LogP contribution < -0.4 is 11.0 Å². The van der Waals surface area contributed by atoms with Crippen LogP contribution in [-0.2, 0) is 17.6 Å². The van der Waals surface area contributed by atoms with Crippen molar-refractivity contribution in [3.05, 3.63) is 68.8 Å². The number of nitrogens with one attached hydrogen (secondary N) is 3. The first-order chi connectivity index (χ1) is 15.1. The number of halogens is 1. The maximum atomic E-state index is 12.7. The van der Waals surface area contributed by atoms with Crippen LogP contribution in [-0.4, -0.2) is 31.2 Å². The first kappa shape index (κ1) is 20.1. The Morgan fingerprint density at radius 1 is 1.13 bits per heavy atom. The second-order valence-electron chi connectivity index (χ2n) is 7.46. The predicted molar refractivity (Wildman–Crippen MR) is 126 cm³/mol. The van der Waals surface area contributed by atoms with Crippen molar-refractivity contribution in [3.63, 3.8) is 0 Å². The molecule has 7 nitrogen and oxygen atoms in total. The molecule has 2 heterocycles. The van der Waals surface area contributed by atoms with Crippen LogP contribution in [0.25, 0.3) is 16.7 Å². The van der Waals surface area contributed by atoms with Crippen molar-refractivity contribution in [2.45, 2.75) is 30.8 Å². The van der Waals surface area contributed by atoms with Gasteiger partial charge in [-0.25, -0.2) is 9.78 Å². The molecule has 1 aliphatic rings. The third-order valence-electron chi connectivity index (χ3n) is 5.33. The number of hydrogen-bond acceptors (Lipinski definition) is 4. The Bertz CT molecular complexity index is 1330. The molecule has 3 N–H and O–H groups in total. The molecule has 158 valence electrons. The van der Waals surface area contributed by atoms with Gasteiger partial charge < -0.3 is 15.3 Å². The number of aryl methyl sites for hydroxylation is 1. The van der Waals surface area contributed by atoms with E-state index in [0.29, 0.717) is 21.2 Å². The molecule has 0 fully saturated rings. The summed E-state index contributed by atoms with van der Waals surface area (Å²) < 4.78 is 2.90. The number of hydrogen-bond donors (Lipinski definition) is 3. The van der Waals surface area contributed by atoms with E-state index >= 15 is 0 Å². The molecule has 9 heteroatoms. The van der Waals surface area contributed by atoms with Gasteiger partial charge in [-0.15, -0.1) is 0 Å². The van der Waals surface area contributed by atoms with Crippen molar-refractivity contribution in [3.8, 4) is 5.69 Å². The summed E-state index contributed by atoms with van der Waals surface area (Å²) in [4.78, 5) is 34.5. The van der Waals surface area contributed by atoms with Crippen molar-refractivity contribution in [1.82, 2.24) is 19.5 Å². The number of fused-ring (bicyclic) bond motifs is 2. The molecule has 0 saturated heterocycles. The van der Waals surface area contributed by atoms with E-state index in [1.165, 1.54) is 17.5 Å². The smallest absolute Gasteiger partial charge is 0.323 e. The average molecular weight is 498 g/mol. The Hall–Kier alpha value is -2.78. The van der Waals surface area contributed by atoms with Gasteiger partial charge in [-0.05, 0) is 65.9 Å². The first-order valence-corrected chi connectivity index (χ1v) is 11.9. The number of amides is 1. The van der Waals surface area contributed by atoms with Gasteiger partial charge in [0.1, 0.15) is 0 Å². The van der Waals surface area contributed by atoms with E-state index in [4.69, 9.17) is 4.98 Å². The molecule has 5 rings (SSSR count). The summed E-state index contributed by atoms with van der Waals surface area (Å²) in [6, 6.07) is 13.7. The van der Waals surface area contributed by atoms with Crippen molar-refractivity contribution in [2.75, 3.05) is 11.1 Å². The van der Waals surface area contributed by atoms with E-state index < -0.39 is 0 Å². The normalized spacial score (nSPS) is 13.3. The van der Waals surface area contributed by atoms with Gasteiger partial charge in [-0.1, -0.05) is 30.0 Å². The number of rotatable bonds is 5. The predicted octanol–water partition coefficient (Wildman–Crippen LogP) is 4.41. The van der Waals surface area contributed by atoms with Crippen molar-refractivity contribution in [1.29, 1.82) is 0 Å². The van der Waals surface area contributed by atoms with Crippen molar-refractivity contribution >= 4 is 50.3 Å². The van der Waals surface area contributed by atoms with Crippen molar-refractivity contribution in [2.24, 2.45) is 0 Å². The minimum Gasteiger partial charge on any atom is -0.324 e. The zero-order valence-electron chi connectivity index (χ0n) is 16.6. The van der Waals surface area contributed by atoms with Crippen LogP contribution in [0.5, 0.6) is 0 Å². The summed E-state index contributed by atoms with van der Waals surface area (Å²) in [5.41, 5.74) is 5.12. The maximum absolute atomic E-state index is 12.7. The van der Waals surface area contributed by atoms with Gasteiger partial charge in [-0.3, -0.25) is 9.36 Å². The highest BCUT2D eigenvalue weighted by atomic mass is 79.9. The molecule has 4 aromatic rings. The second-order valence-corrected chi connectivity index (χ2v) is 9.26. The number of benzene rings is 2. The third kappa shape index (κ3) is 4.07. The molecule has 0 atom stereocenters. The molecule has 0 bridgehead atoms. The van der Waals surface area contributed by atoms with Crippen LogP contribution in [0.1, 0.15) is 24.2 Å². The summed E-state index contributed by atoms with van der Waals surface area (Å²) in [5, 5.41) is 3.77. The van der Waals surface area contributed by atoms with E-state index in [1.807, 2.05) is 18.2 Å².